The lowest BCUT2D eigenvalue weighted by atomic mass is 10.1. The Balaban J connectivity index is 2.33. The summed E-state index contributed by atoms with van der Waals surface area (Å²) in [5, 5.41) is 21.3. The number of nitrogens with zero attached hydrogens (tertiary/aromatic N) is 2. The molecule has 1 saturated carbocycles. The highest BCUT2D eigenvalue weighted by Gasteiger charge is 2.31. The second-order valence-corrected chi connectivity index (χ2v) is 5.10. The van der Waals surface area contributed by atoms with Crippen molar-refractivity contribution in [2.75, 3.05) is 6.54 Å². The fourth-order valence-electron chi connectivity index (χ4n) is 2.66. The van der Waals surface area contributed by atoms with Crippen molar-refractivity contribution < 1.29 is 19.5 Å². The van der Waals surface area contributed by atoms with Crippen LogP contribution in [0.4, 0.5) is 4.39 Å². The van der Waals surface area contributed by atoms with Crippen molar-refractivity contribution in [2.24, 2.45) is 10.9 Å². The third kappa shape index (κ3) is 3.24. The SMILES string of the molecule is N/C(CN(C(=O)c1c(O)cccc1F)C1CCCC1)=N/O. The maximum atomic E-state index is 13.8. The largest absolute Gasteiger partial charge is 0.507 e. The second kappa shape index (κ2) is 6.43. The van der Waals surface area contributed by atoms with Crippen LogP contribution in [0.25, 0.3) is 0 Å². The van der Waals surface area contributed by atoms with Gasteiger partial charge >= 0.3 is 0 Å². The predicted octanol–water partition coefficient (Wildman–Crippen LogP) is 1.66. The lowest BCUT2D eigenvalue weighted by molar-refractivity contribution is 0.0704. The highest BCUT2D eigenvalue weighted by molar-refractivity contribution is 5.99. The van der Waals surface area contributed by atoms with Gasteiger partial charge in [0.25, 0.3) is 5.91 Å². The number of benzene rings is 1. The van der Waals surface area contributed by atoms with Crippen LogP contribution in [0.1, 0.15) is 36.0 Å². The summed E-state index contributed by atoms with van der Waals surface area (Å²) in [7, 11) is 0. The molecule has 0 aromatic heterocycles. The summed E-state index contributed by atoms with van der Waals surface area (Å²) >= 11 is 0. The normalized spacial score (nSPS) is 16.1. The van der Waals surface area contributed by atoms with E-state index in [0.29, 0.717) is 0 Å². The molecule has 0 unspecified atom stereocenters. The highest BCUT2D eigenvalue weighted by atomic mass is 19.1. The number of phenols is 1. The number of aromatic hydroxyl groups is 1. The lowest BCUT2D eigenvalue weighted by Gasteiger charge is -2.28. The molecule has 4 N–H and O–H groups in total. The van der Waals surface area contributed by atoms with Gasteiger partial charge in [-0.3, -0.25) is 4.79 Å². The van der Waals surface area contributed by atoms with E-state index in [1.54, 1.807) is 0 Å². The molecule has 6 nitrogen and oxygen atoms in total. The number of carbonyl (C=O) groups excluding carboxylic acids is 1. The number of nitrogens with two attached hydrogens (primary N) is 1. The molecule has 21 heavy (non-hydrogen) atoms. The molecule has 0 atom stereocenters. The van der Waals surface area contributed by atoms with E-state index in [-0.39, 0.29) is 24.0 Å². The summed E-state index contributed by atoms with van der Waals surface area (Å²) < 4.78 is 13.8. The van der Waals surface area contributed by atoms with E-state index in [2.05, 4.69) is 5.16 Å². The van der Waals surface area contributed by atoms with Crippen LogP contribution >= 0.6 is 0 Å². The molecule has 1 aromatic carbocycles. The van der Waals surface area contributed by atoms with Gasteiger partial charge in [-0.15, -0.1) is 0 Å². The Morgan fingerprint density at radius 1 is 1.43 bits per heavy atom. The standard InChI is InChI=1S/C14H18FN3O3/c15-10-6-3-7-11(19)13(10)14(20)18(8-12(16)17-21)9-4-1-2-5-9/h3,6-7,9,19,21H,1-2,4-5,8H2,(H2,16,17). The van der Waals surface area contributed by atoms with Gasteiger partial charge in [0.2, 0.25) is 0 Å². The minimum Gasteiger partial charge on any atom is -0.507 e. The van der Waals surface area contributed by atoms with Crippen molar-refractivity contribution in [1.82, 2.24) is 4.90 Å². The zero-order valence-corrected chi connectivity index (χ0v) is 11.5. The summed E-state index contributed by atoms with van der Waals surface area (Å²) in [5.74, 6) is -1.99. The number of carbonyl (C=O) groups is 1. The molecular formula is C14H18FN3O3. The first-order chi connectivity index (χ1) is 10.0. The third-order valence-corrected chi connectivity index (χ3v) is 3.69. The minimum atomic E-state index is -0.789. The van der Waals surface area contributed by atoms with Crippen molar-refractivity contribution in [3.05, 3.63) is 29.6 Å². The Bertz CT molecular complexity index is 536. The molecule has 0 aliphatic heterocycles. The predicted molar refractivity (Wildman–Crippen MR) is 74.8 cm³/mol. The first-order valence-corrected chi connectivity index (χ1v) is 6.79. The van der Waals surface area contributed by atoms with Crippen molar-refractivity contribution in [2.45, 2.75) is 31.7 Å². The smallest absolute Gasteiger partial charge is 0.261 e. The quantitative estimate of drug-likeness (QED) is 0.340. The summed E-state index contributed by atoms with van der Waals surface area (Å²) in [6, 6.07) is 3.60. The fourth-order valence-corrected chi connectivity index (χ4v) is 2.66. The Hall–Kier alpha value is -2.31. The molecule has 0 heterocycles. The van der Waals surface area contributed by atoms with E-state index in [9.17, 15) is 14.3 Å². The Labute approximate surface area is 121 Å². The van der Waals surface area contributed by atoms with Crippen molar-refractivity contribution in [1.29, 1.82) is 0 Å². The number of amides is 1. The molecule has 0 bridgehead atoms. The third-order valence-electron chi connectivity index (χ3n) is 3.69. The van der Waals surface area contributed by atoms with E-state index in [1.807, 2.05) is 0 Å². The summed E-state index contributed by atoms with van der Waals surface area (Å²) in [6.45, 7) is -0.103. The van der Waals surface area contributed by atoms with Crippen molar-refractivity contribution in [3.63, 3.8) is 0 Å². The Morgan fingerprint density at radius 2 is 2.10 bits per heavy atom. The molecule has 1 aliphatic rings. The van der Waals surface area contributed by atoms with Crippen molar-refractivity contribution in [3.8, 4) is 5.75 Å². The van der Waals surface area contributed by atoms with E-state index in [1.165, 1.54) is 17.0 Å². The molecule has 1 fully saturated rings. The number of amidine groups is 1. The van der Waals surface area contributed by atoms with Crippen LogP contribution in [0.2, 0.25) is 0 Å². The van der Waals surface area contributed by atoms with Crippen LogP contribution in [0, 0.1) is 5.82 Å². The monoisotopic (exact) mass is 295 g/mol. The maximum Gasteiger partial charge on any atom is 0.261 e. The fraction of sp³-hybridized carbons (Fsp3) is 0.429. The number of oxime groups is 1. The first kappa shape index (κ1) is 15.1. The van der Waals surface area contributed by atoms with Crippen molar-refractivity contribution >= 4 is 11.7 Å². The van der Waals surface area contributed by atoms with Crippen LogP contribution in [0.5, 0.6) is 5.75 Å². The van der Waals surface area contributed by atoms with E-state index < -0.39 is 17.5 Å². The zero-order chi connectivity index (χ0) is 15.4. The molecule has 114 valence electrons. The van der Waals surface area contributed by atoms with Gasteiger partial charge in [0.05, 0.1) is 6.54 Å². The Kier molecular flexibility index (Phi) is 4.62. The molecule has 0 radical (unpaired) electrons. The molecule has 0 spiro atoms. The second-order valence-electron chi connectivity index (χ2n) is 5.10. The van der Waals surface area contributed by atoms with Crippen LogP contribution in [-0.4, -0.2) is 39.5 Å². The average Bonchev–Trinajstić information content (AvgIpc) is 2.97. The van der Waals surface area contributed by atoms with Gasteiger partial charge in [0, 0.05) is 6.04 Å². The Morgan fingerprint density at radius 3 is 2.67 bits per heavy atom. The lowest BCUT2D eigenvalue weighted by Crippen LogP contribution is -2.44. The highest BCUT2D eigenvalue weighted by Crippen LogP contribution is 2.28. The molecule has 1 aromatic rings. The number of hydrogen-bond donors (Lipinski definition) is 3. The van der Waals surface area contributed by atoms with E-state index >= 15 is 0 Å². The van der Waals surface area contributed by atoms with E-state index in [4.69, 9.17) is 10.9 Å². The number of halogens is 1. The first-order valence-electron chi connectivity index (χ1n) is 6.79. The van der Waals surface area contributed by atoms with Gasteiger partial charge in [-0.2, -0.15) is 0 Å². The van der Waals surface area contributed by atoms with Crippen LogP contribution in [-0.2, 0) is 0 Å². The molecule has 0 saturated heterocycles. The number of phenolic OH excluding ortho intramolecular Hbond substituents is 1. The molecular weight excluding hydrogens is 277 g/mol. The molecule has 1 amide bonds. The van der Waals surface area contributed by atoms with Gasteiger partial charge in [0.1, 0.15) is 17.1 Å². The summed E-state index contributed by atoms with van der Waals surface area (Å²) in [6.07, 6.45) is 3.49. The molecule has 2 rings (SSSR count). The van der Waals surface area contributed by atoms with E-state index in [0.717, 1.165) is 31.7 Å². The zero-order valence-electron chi connectivity index (χ0n) is 11.5. The van der Waals surface area contributed by atoms with Gasteiger partial charge in [-0.25, -0.2) is 4.39 Å². The maximum absolute atomic E-state index is 13.8. The van der Waals surface area contributed by atoms with Gasteiger partial charge in [-0.05, 0) is 25.0 Å². The molecule has 7 heteroatoms. The average molecular weight is 295 g/mol. The topological polar surface area (TPSA) is 99.2 Å². The number of rotatable bonds is 4. The minimum absolute atomic E-state index is 0.100. The van der Waals surface area contributed by atoms with Crippen LogP contribution < -0.4 is 5.73 Å². The summed E-state index contributed by atoms with van der Waals surface area (Å²) in [5.41, 5.74) is 5.10. The van der Waals surface area contributed by atoms with Crippen LogP contribution in [0.3, 0.4) is 0 Å². The van der Waals surface area contributed by atoms with Gasteiger partial charge in [-0.1, -0.05) is 24.1 Å². The van der Waals surface area contributed by atoms with Crippen LogP contribution in [0.15, 0.2) is 23.4 Å². The summed E-state index contributed by atoms with van der Waals surface area (Å²) in [4.78, 5) is 13.9. The van der Waals surface area contributed by atoms with Gasteiger partial charge < -0.3 is 20.9 Å². The molecule has 1 aliphatic carbocycles. The van der Waals surface area contributed by atoms with Gasteiger partial charge in [0.15, 0.2) is 5.84 Å². The number of hydrogen-bond acceptors (Lipinski definition) is 4.